The normalized spacial score (nSPS) is 20.8. The first kappa shape index (κ1) is 18.7. The maximum atomic E-state index is 12.4. The molecule has 0 bridgehead atoms. The Kier molecular flexibility index (Phi) is 6.51. The van der Waals surface area contributed by atoms with E-state index in [-0.39, 0.29) is 5.91 Å². The zero-order valence-corrected chi connectivity index (χ0v) is 15.9. The summed E-state index contributed by atoms with van der Waals surface area (Å²) in [5.41, 5.74) is 1.85. The van der Waals surface area contributed by atoms with E-state index in [2.05, 4.69) is 24.1 Å². The molecular weight excluding hydrogens is 324 g/mol. The Morgan fingerprint density at radius 3 is 2.58 bits per heavy atom. The molecule has 1 amide bonds. The predicted molar refractivity (Wildman–Crippen MR) is 105 cm³/mol. The highest BCUT2D eigenvalue weighted by atomic mass is 16.3. The van der Waals surface area contributed by atoms with Crippen LogP contribution in [0.15, 0.2) is 47.1 Å². The van der Waals surface area contributed by atoms with E-state index in [1.165, 1.54) is 19.5 Å². The number of hydrogen-bond donors (Lipinski definition) is 1. The lowest BCUT2D eigenvalue weighted by atomic mass is 9.92. The molecule has 2 aromatic rings. The minimum Gasteiger partial charge on any atom is -0.459 e. The number of benzene rings is 1. The average molecular weight is 354 g/mol. The Bertz CT molecular complexity index is 685. The third-order valence-electron chi connectivity index (χ3n) is 5.09. The molecule has 1 aromatic heterocycles. The quantitative estimate of drug-likeness (QED) is 0.748. The fourth-order valence-corrected chi connectivity index (χ4v) is 4.05. The fourth-order valence-electron chi connectivity index (χ4n) is 4.05. The Morgan fingerprint density at radius 1 is 1.12 bits per heavy atom. The van der Waals surface area contributed by atoms with Crippen LogP contribution in [0.2, 0.25) is 0 Å². The third kappa shape index (κ3) is 4.98. The largest absolute Gasteiger partial charge is 0.459 e. The van der Waals surface area contributed by atoms with E-state index in [9.17, 15) is 4.79 Å². The zero-order chi connectivity index (χ0) is 18.4. The van der Waals surface area contributed by atoms with Gasteiger partial charge >= 0.3 is 0 Å². The van der Waals surface area contributed by atoms with Crippen molar-refractivity contribution in [3.63, 3.8) is 0 Å². The van der Waals surface area contributed by atoms with Crippen molar-refractivity contribution in [2.45, 2.75) is 33.1 Å². The summed E-state index contributed by atoms with van der Waals surface area (Å²) >= 11 is 0. The molecule has 0 aliphatic carbocycles. The Labute approximate surface area is 156 Å². The van der Waals surface area contributed by atoms with E-state index in [1.807, 2.05) is 36.4 Å². The maximum absolute atomic E-state index is 12.4. The second-order valence-electron chi connectivity index (χ2n) is 7.70. The Balaban J connectivity index is 1.42. The number of carbonyl (C=O) groups is 1. The predicted octanol–water partition coefficient (Wildman–Crippen LogP) is 4.43. The first-order chi connectivity index (χ1) is 12.6. The maximum Gasteiger partial charge on any atom is 0.287 e. The standard InChI is InChI=1S/C22H30N2O2/c1-17-14-18(2)16-24(15-17)12-7-6-11-23-22(25)21-20(10-13-26-21)19-8-4-3-5-9-19/h3-5,8-10,13,17-18H,6-7,11-12,14-16H2,1-2H3,(H,23,25). The topological polar surface area (TPSA) is 45.5 Å². The number of nitrogens with one attached hydrogen (secondary N) is 1. The smallest absolute Gasteiger partial charge is 0.287 e. The van der Waals surface area contributed by atoms with Gasteiger partial charge in [-0.15, -0.1) is 0 Å². The molecule has 3 rings (SSSR count). The van der Waals surface area contributed by atoms with Gasteiger partial charge in [0.15, 0.2) is 5.76 Å². The highest BCUT2D eigenvalue weighted by Crippen LogP contribution is 2.24. The van der Waals surface area contributed by atoms with Gasteiger partial charge in [-0.1, -0.05) is 44.2 Å². The van der Waals surface area contributed by atoms with Crippen LogP contribution in [-0.4, -0.2) is 37.0 Å². The molecule has 1 aromatic carbocycles. The average Bonchev–Trinajstić information content (AvgIpc) is 3.11. The molecule has 1 aliphatic heterocycles. The minimum absolute atomic E-state index is 0.130. The highest BCUT2D eigenvalue weighted by Gasteiger charge is 2.21. The summed E-state index contributed by atoms with van der Waals surface area (Å²) in [6.07, 6.45) is 5.03. The van der Waals surface area contributed by atoms with Crippen molar-refractivity contribution in [3.8, 4) is 11.1 Å². The lowest BCUT2D eigenvalue weighted by molar-refractivity contribution is 0.0925. The molecule has 2 atom stereocenters. The van der Waals surface area contributed by atoms with Crippen LogP contribution in [0.5, 0.6) is 0 Å². The second-order valence-corrected chi connectivity index (χ2v) is 7.70. The summed E-state index contributed by atoms with van der Waals surface area (Å²) in [7, 11) is 0. The molecule has 1 N–H and O–H groups in total. The summed E-state index contributed by atoms with van der Waals surface area (Å²) in [5.74, 6) is 1.87. The van der Waals surface area contributed by atoms with Gasteiger partial charge in [0.1, 0.15) is 0 Å². The summed E-state index contributed by atoms with van der Waals surface area (Å²) in [6, 6.07) is 11.7. The van der Waals surface area contributed by atoms with E-state index < -0.39 is 0 Å². The molecule has 1 saturated heterocycles. The van der Waals surface area contributed by atoms with Crippen molar-refractivity contribution in [2.24, 2.45) is 11.8 Å². The number of piperidine rings is 1. The SMILES string of the molecule is CC1CC(C)CN(CCCCNC(=O)c2occc2-c2ccccc2)C1. The van der Waals surface area contributed by atoms with Crippen molar-refractivity contribution < 1.29 is 9.21 Å². The van der Waals surface area contributed by atoms with Crippen molar-refractivity contribution in [1.82, 2.24) is 10.2 Å². The molecule has 0 radical (unpaired) electrons. The summed E-state index contributed by atoms with van der Waals surface area (Å²) in [4.78, 5) is 15.0. The number of unbranched alkanes of at least 4 members (excludes halogenated alkanes) is 1. The van der Waals surface area contributed by atoms with E-state index in [0.29, 0.717) is 12.3 Å². The van der Waals surface area contributed by atoms with E-state index in [0.717, 1.165) is 42.3 Å². The molecule has 0 saturated carbocycles. The van der Waals surface area contributed by atoms with Crippen LogP contribution in [-0.2, 0) is 0 Å². The number of nitrogens with zero attached hydrogens (tertiary/aromatic N) is 1. The van der Waals surface area contributed by atoms with E-state index in [1.54, 1.807) is 6.26 Å². The Morgan fingerprint density at radius 2 is 1.85 bits per heavy atom. The van der Waals surface area contributed by atoms with Gasteiger partial charge in [-0.2, -0.15) is 0 Å². The summed E-state index contributed by atoms with van der Waals surface area (Å²) in [6.45, 7) is 8.92. The highest BCUT2D eigenvalue weighted by molar-refractivity contribution is 5.98. The fraction of sp³-hybridized carbons (Fsp3) is 0.500. The van der Waals surface area contributed by atoms with Gasteiger partial charge < -0.3 is 14.6 Å². The number of amides is 1. The zero-order valence-electron chi connectivity index (χ0n) is 15.9. The van der Waals surface area contributed by atoms with Gasteiger partial charge in [0.25, 0.3) is 5.91 Å². The van der Waals surface area contributed by atoms with Gasteiger partial charge in [0.2, 0.25) is 0 Å². The lowest BCUT2D eigenvalue weighted by Gasteiger charge is -2.34. The number of likely N-dealkylation sites (tertiary alicyclic amines) is 1. The number of carbonyl (C=O) groups excluding carboxylic acids is 1. The summed E-state index contributed by atoms with van der Waals surface area (Å²) < 4.78 is 5.44. The number of rotatable bonds is 7. The van der Waals surface area contributed by atoms with Crippen LogP contribution in [0.3, 0.4) is 0 Å². The molecule has 2 heterocycles. The van der Waals surface area contributed by atoms with Crippen LogP contribution < -0.4 is 5.32 Å². The molecule has 0 spiro atoms. The molecule has 1 fully saturated rings. The van der Waals surface area contributed by atoms with Crippen molar-refractivity contribution in [2.75, 3.05) is 26.2 Å². The van der Waals surface area contributed by atoms with Gasteiger partial charge in [0.05, 0.1) is 6.26 Å². The van der Waals surface area contributed by atoms with E-state index in [4.69, 9.17) is 4.42 Å². The summed E-state index contributed by atoms with van der Waals surface area (Å²) in [5, 5.41) is 3.00. The van der Waals surface area contributed by atoms with Crippen molar-refractivity contribution in [3.05, 3.63) is 48.4 Å². The van der Waals surface area contributed by atoms with Crippen molar-refractivity contribution in [1.29, 1.82) is 0 Å². The first-order valence-corrected chi connectivity index (χ1v) is 9.77. The van der Waals surface area contributed by atoms with Gasteiger partial charge in [-0.25, -0.2) is 0 Å². The van der Waals surface area contributed by atoms with E-state index >= 15 is 0 Å². The number of furan rings is 1. The van der Waals surface area contributed by atoms with Crippen molar-refractivity contribution >= 4 is 5.91 Å². The third-order valence-corrected chi connectivity index (χ3v) is 5.09. The van der Waals surface area contributed by atoms with Gasteiger partial charge in [0, 0.05) is 25.2 Å². The van der Waals surface area contributed by atoms with Crippen LogP contribution >= 0.6 is 0 Å². The van der Waals surface area contributed by atoms with Crippen LogP contribution in [0.25, 0.3) is 11.1 Å². The first-order valence-electron chi connectivity index (χ1n) is 9.77. The minimum atomic E-state index is -0.130. The number of hydrogen-bond acceptors (Lipinski definition) is 3. The molecular formula is C22H30N2O2. The molecule has 4 nitrogen and oxygen atoms in total. The van der Waals surface area contributed by atoms with Crippen LogP contribution in [0.1, 0.15) is 43.7 Å². The van der Waals surface area contributed by atoms with Gasteiger partial charge in [-0.3, -0.25) is 4.79 Å². The monoisotopic (exact) mass is 354 g/mol. The Hall–Kier alpha value is -2.07. The second kappa shape index (κ2) is 9.04. The lowest BCUT2D eigenvalue weighted by Crippen LogP contribution is -2.39. The molecule has 4 heteroatoms. The molecule has 140 valence electrons. The van der Waals surface area contributed by atoms with Crippen LogP contribution in [0.4, 0.5) is 0 Å². The van der Waals surface area contributed by atoms with Crippen LogP contribution in [0, 0.1) is 11.8 Å². The molecule has 2 unspecified atom stereocenters. The van der Waals surface area contributed by atoms with Gasteiger partial charge in [-0.05, 0) is 49.3 Å². The molecule has 26 heavy (non-hydrogen) atoms. The molecule has 1 aliphatic rings.